The molecule has 0 heterocycles. The van der Waals surface area contributed by atoms with E-state index < -0.39 is 32.5 Å². The second-order valence-electron chi connectivity index (χ2n) is 2.28. The molecule has 0 rings (SSSR count). The average Bonchev–Trinajstić information content (AvgIpc) is 2.02. The standard InChI is InChI=1S/C6H9O7P/c1-12-3-14(11)13-4(6(9)10)2-5(7)8/h4H,2-3H2,1H3,(H-,7,8,9,10)/p+1. The van der Waals surface area contributed by atoms with Crippen LogP contribution in [0.1, 0.15) is 6.42 Å². The van der Waals surface area contributed by atoms with E-state index in [1.807, 2.05) is 0 Å². The third-order valence-electron chi connectivity index (χ3n) is 1.11. The zero-order valence-electron chi connectivity index (χ0n) is 7.37. The van der Waals surface area contributed by atoms with Crippen LogP contribution in [0.4, 0.5) is 0 Å². The molecular weight excluding hydrogens is 215 g/mol. The third kappa shape index (κ3) is 5.58. The van der Waals surface area contributed by atoms with Crippen molar-refractivity contribution >= 4 is 20.0 Å². The van der Waals surface area contributed by atoms with Gasteiger partial charge in [0, 0.05) is 7.11 Å². The Morgan fingerprint density at radius 1 is 1.43 bits per heavy atom. The maximum absolute atomic E-state index is 10.9. The lowest BCUT2D eigenvalue weighted by molar-refractivity contribution is -0.151. The first kappa shape index (κ1) is 13.0. The second-order valence-corrected chi connectivity index (χ2v) is 3.42. The van der Waals surface area contributed by atoms with Crippen molar-refractivity contribution in [1.29, 1.82) is 0 Å². The summed E-state index contributed by atoms with van der Waals surface area (Å²) in [6.07, 6.45) is -2.61. The topological polar surface area (TPSA) is 110 Å². The SMILES string of the molecule is COC[P+](=O)OC(CC(=O)O)C(=O)O. The number of rotatable bonds is 7. The summed E-state index contributed by atoms with van der Waals surface area (Å²) in [5.74, 6) is -2.80. The quantitative estimate of drug-likeness (QED) is 0.598. The van der Waals surface area contributed by atoms with E-state index in [1.165, 1.54) is 7.11 Å². The molecule has 0 aromatic heterocycles. The first-order chi connectivity index (χ1) is 6.47. The molecule has 0 aromatic carbocycles. The van der Waals surface area contributed by atoms with Gasteiger partial charge in [-0.05, 0) is 4.57 Å². The molecule has 0 bridgehead atoms. The van der Waals surface area contributed by atoms with Crippen LogP contribution in [0, 0.1) is 0 Å². The smallest absolute Gasteiger partial charge is 0.481 e. The van der Waals surface area contributed by atoms with E-state index in [-0.39, 0.29) is 6.35 Å². The van der Waals surface area contributed by atoms with Crippen LogP contribution in [0.3, 0.4) is 0 Å². The molecule has 0 spiro atoms. The van der Waals surface area contributed by atoms with Crippen LogP contribution in [-0.2, 0) is 23.4 Å². The molecular formula is C6H10O7P+. The maximum Gasteiger partial charge on any atom is 0.537 e. The molecule has 0 aliphatic rings. The second kappa shape index (κ2) is 6.42. The number of ether oxygens (including phenoxy) is 1. The van der Waals surface area contributed by atoms with E-state index >= 15 is 0 Å². The van der Waals surface area contributed by atoms with Gasteiger partial charge in [0.2, 0.25) is 6.10 Å². The molecule has 8 heteroatoms. The zero-order chi connectivity index (χ0) is 11.1. The van der Waals surface area contributed by atoms with Gasteiger partial charge in [-0.1, -0.05) is 0 Å². The summed E-state index contributed by atoms with van der Waals surface area (Å²) in [5, 5.41) is 16.8. The van der Waals surface area contributed by atoms with Gasteiger partial charge in [-0.15, -0.1) is 4.52 Å². The lowest BCUT2D eigenvalue weighted by Gasteiger charge is -2.01. The largest absolute Gasteiger partial charge is 0.537 e. The van der Waals surface area contributed by atoms with Gasteiger partial charge in [0.05, 0.1) is 6.42 Å². The average molecular weight is 225 g/mol. The van der Waals surface area contributed by atoms with Crippen molar-refractivity contribution in [1.82, 2.24) is 0 Å². The van der Waals surface area contributed by atoms with Gasteiger partial charge in [-0.25, -0.2) is 4.79 Å². The van der Waals surface area contributed by atoms with E-state index in [1.54, 1.807) is 0 Å². The number of carboxylic acids is 2. The zero-order valence-corrected chi connectivity index (χ0v) is 8.27. The molecule has 80 valence electrons. The maximum atomic E-state index is 10.9. The minimum Gasteiger partial charge on any atom is -0.481 e. The molecule has 2 N–H and O–H groups in total. The normalized spacial score (nSPS) is 13.4. The molecule has 0 saturated heterocycles. The Morgan fingerprint density at radius 3 is 2.36 bits per heavy atom. The molecule has 7 nitrogen and oxygen atoms in total. The van der Waals surface area contributed by atoms with Gasteiger partial charge in [-0.3, -0.25) is 4.79 Å². The van der Waals surface area contributed by atoms with Crippen molar-refractivity contribution in [3.05, 3.63) is 0 Å². The summed E-state index contributed by atoms with van der Waals surface area (Å²) >= 11 is 0. The van der Waals surface area contributed by atoms with Gasteiger partial charge >= 0.3 is 20.0 Å². The Balaban J connectivity index is 4.16. The Hall–Kier alpha value is -1.04. The van der Waals surface area contributed by atoms with Crippen molar-refractivity contribution in [3.8, 4) is 0 Å². The van der Waals surface area contributed by atoms with Gasteiger partial charge in [0.25, 0.3) is 6.35 Å². The lowest BCUT2D eigenvalue weighted by Crippen LogP contribution is -2.24. The summed E-state index contributed by atoms with van der Waals surface area (Å²) in [6.45, 7) is 0. The van der Waals surface area contributed by atoms with Crippen LogP contribution < -0.4 is 0 Å². The molecule has 0 saturated carbocycles. The van der Waals surface area contributed by atoms with Gasteiger partial charge < -0.3 is 14.9 Å². The summed E-state index contributed by atoms with van der Waals surface area (Å²) in [6, 6.07) is 0. The monoisotopic (exact) mass is 225 g/mol. The highest BCUT2D eigenvalue weighted by Crippen LogP contribution is 2.25. The van der Waals surface area contributed by atoms with Crippen molar-refractivity contribution in [2.45, 2.75) is 12.5 Å². The fraction of sp³-hybridized carbons (Fsp3) is 0.667. The van der Waals surface area contributed by atoms with Crippen molar-refractivity contribution < 1.29 is 33.6 Å². The highest BCUT2D eigenvalue weighted by atomic mass is 31.1. The van der Waals surface area contributed by atoms with Gasteiger partial charge in [0.15, 0.2) is 0 Å². The Labute approximate surface area is 80.5 Å². The fourth-order valence-electron chi connectivity index (χ4n) is 0.606. The Bertz CT molecular complexity index is 238. The highest BCUT2D eigenvalue weighted by molar-refractivity contribution is 7.38. The van der Waals surface area contributed by atoms with Gasteiger partial charge in [0.1, 0.15) is 0 Å². The number of hydrogen-bond acceptors (Lipinski definition) is 5. The molecule has 0 radical (unpaired) electrons. The number of methoxy groups -OCH3 is 1. The molecule has 0 fully saturated rings. The Kier molecular flexibility index (Phi) is 5.94. The first-order valence-electron chi connectivity index (χ1n) is 3.52. The third-order valence-corrected chi connectivity index (χ3v) is 2.07. The predicted octanol–water partition coefficient (Wildman–Crippen LogP) is 0.277. The molecule has 0 aliphatic heterocycles. The van der Waals surface area contributed by atoms with E-state index in [9.17, 15) is 14.2 Å². The predicted molar refractivity (Wildman–Crippen MR) is 44.2 cm³/mol. The van der Waals surface area contributed by atoms with Crippen molar-refractivity contribution in [3.63, 3.8) is 0 Å². The molecule has 2 atom stereocenters. The fourth-order valence-corrected chi connectivity index (χ4v) is 1.33. The van der Waals surface area contributed by atoms with Crippen molar-refractivity contribution in [2.75, 3.05) is 13.5 Å². The minimum absolute atomic E-state index is 0.265. The first-order valence-corrected chi connectivity index (χ1v) is 4.88. The number of hydrogen-bond donors (Lipinski definition) is 2. The minimum atomic E-state index is -2.30. The van der Waals surface area contributed by atoms with Crippen LogP contribution in [0.2, 0.25) is 0 Å². The van der Waals surface area contributed by atoms with E-state index in [4.69, 9.17) is 10.2 Å². The van der Waals surface area contributed by atoms with Crippen LogP contribution in [0.15, 0.2) is 0 Å². The van der Waals surface area contributed by atoms with Crippen LogP contribution in [0.25, 0.3) is 0 Å². The van der Waals surface area contributed by atoms with E-state index in [0.717, 1.165) is 0 Å². The number of aliphatic carboxylic acids is 2. The van der Waals surface area contributed by atoms with E-state index in [2.05, 4.69) is 9.26 Å². The molecule has 2 unspecified atom stereocenters. The summed E-state index contributed by atoms with van der Waals surface area (Å²) in [7, 11) is -1.03. The lowest BCUT2D eigenvalue weighted by atomic mass is 10.3. The summed E-state index contributed by atoms with van der Waals surface area (Å²) in [4.78, 5) is 20.6. The number of carbonyl (C=O) groups is 2. The molecule has 0 amide bonds. The Morgan fingerprint density at radius 2 is 2.00 bits per heavy atom. The van der Waals surface area contributed by atoms with Crippen LogP contribution in [0.5, 0.6) is 0 Å². The van der Waals surface area contributed by atoms with E-state index in [0.29, 0.717) is 0 Å². The summed E-state index contributed by atoms with van der Waals surface area (Å²) < 4.78 is 19.8. The highest BCUT2D eigenvalue weighted by Gasteiger charge is 2.32. The molecule has 0 aromatic rings. The number of carboxylic acid groups (broad SMARTS) is 2. The van der Waals surface area contributed by atoms with Gasteiger partial charge in [-0.2, -0.15) is 0 Å². The van der Waals surface area contributed by atoms with Crippen molar-refractivity contribution in [2.24, 2.45) is 0 Å². The molecule has 0 aliphatic carbocycles. The van der Waals surface area contributed by atoms with Crippen LogP contribution in [-0.4, -0.2) is 41.7 Å². The molecule has 14 heavy (non-hydrogen) atoms. The summed E-state index contributed by atoms with van der Waals surface area (Å²) in [5.41, 5.74) is 0. The van der Waals surface area contributed by atoms with Crippen LogP contribution >= 0.6 is 8.03 Å².